The minimum Gasteiger partial charge on any atom is -0.542 e. The third kappa shape index (κ3) is 9.36. The van der Waals surface area contributed by atoms with E-state index in [1.807, 2.05) is 0 Å². The molecule has 0 N–H and O–H groups in total. The Balaban J connectivity index is 0.000000523. The van der Waals surface area contributed by atoms with Crippen molar-refractivity contribution in [3.05, 3.63) is 71.8 Å². The van der Waals surface area contributed by atoms with E-state index in [1.54, 1.807) is 36.4 Å². The molecular weight excluding hydrogens is 427 g/mol. The van der Waals surface area contributed by atoms with E-state index in [-0.39, 0.29) is 16.8 Å². The number of Topliss-reactive ketones (excluding diaryl/α,β-unsaturated/α-hetero) is 4. The van der Waals surface area contributed by atoms with Crippen molar-refractivity contribution < 1.29 is 55.8 Å². The number of benzene rings is 2. The molecule has 0 atom stereocenters. The van der Waals surface area contributed by atoms with Gasteiger partial charge in [-0.15, -0.1) is 0 Å². The summed E-state index contributed by atoms with van der Waals surface area (Å²) >= 11 is 0. The maximum Gasteiger partial charge on any atom is 2.00 e. The molecule has 0 saturated carbocycles. The molecule has 0 aromatic heterocycles. The number of aliphatic carboxylic acids is 2. The first-order valence-electron chi connectivity index (χ1n) is 7.87. The van der Waals surface area contributed by atoms with Crippen LogP contribution in [-0.4, -0.2) is 35.1 Å². The Morgan fingerprint density at radius 3 is 1.07 bits per heavy atom. The molecule has 0 aliphatic heterocycles. The standard InChI is InChI=1S/2C10H8O4.Co/c2*11-8(6-9(12)10(13)14)7-4-2-1-3-5-7;/h2*1-5H,6H2,(H,13,14);/q;;+2/p-2. The number of carbonyl (C=O) groups is 6. The summed E-state index contributed by atoms with van der Waals surface area (Å²) in [6.45, 7) is 0. The first kappa shape index (κ1) is 25.6. The van der Waals surface area contributed by atoms with Crippen molar-refractivity contribution in [1.29, 1.82) is 0 Å². The molecule has 151 valence electrons. The van der Waals surface area contributed by atoms with Crippen molar-refractivity contribution in [2.75, 3.05) is 0 Å². The summed E-state index contributed by atoms with van der Waals surface area (Å²) in [6, 6.07) is 16.1. The van der Waals surface area contributed by atoms with Gasteiger partial charge in [-0.2, -0.15) is 0 Å². The van der Waals surface area contributed by atoms with E-state index in [9.17, 15) is 39.0 Å². The Kier molecular flexibility index (Phi) is 11.3. The average Bonchev–Trinajstić information content (AvgIpc) is 2.69. The maximum absolute atomic E-state index is 11.2. The van der Waals surface area contributed by atoms with Gasteiger partial charge in [0.1, 0.15) is 11.9 Å². The molecule has 0 bridgehead atoms. The molecular formula is C20H14CoO8. The van der Waals surface area contributed by atoms with Crippen LogP contribution in [0.5, 0.6) is 0 Å². The number of ketones is 4. The Bertz CT molecular complexity index is 816. The Morgan fingerprint density at radius 2 is 0.828 bits per heavy atom. The van der Waals surface area contributed by atoms with Gasteiger partial charge in [-0.1, -0.05) is 60.7 Å². The summed E-state index contributed by atoms with van der Waals surface area (Å²) in [5, 5.41) is 20.1. The fraction of sp³-hybridized carbons (Fsp3) is 0.100. The first-order valence-corrected chi connectivity index (χ1v) is 7.87. The van der Waals surface area contributed by atoms with E-state index >= 15 is 0 Å². The van der Waals surface area contributed by atoms with Crippen molar-refractivity contribution in [3.8, 4) is 0 Å². The Morgan fingerprint density at radius 1 is 0.552 bits per heavy atom. The molecule has 29 heavy (non-hydrogen) atoms. The zero-order valence-corrected chi connectivity index (χ0v) is 15.8. The molecule has 0 amide bonds. The third-order valence-corrected chi connectivity index (χ3v) is 3.29. The van der Waals surface area contributed by atoms with Crippen LogP contribution in [0.1, 0.15) is 33.6 Å². The molecule has 0 heterocycles. The van der Waals surface area contributed by atoms with Crippen LogP contribution in [0.2, 0.25) is 0 Å². The Hall–Kier alpha value is -3.43. The summed E-state index contributed by atoms with van der Waals surface area (Å²) in [5.41, 5.74) is 0.643. The predicted octanol–water partition coefficient (Wildman–Crippen LogP) is -0.846. The van der Waals surface area contributed by atoms with Gasteiger partial charge >= 0.3 is 16.8 Å². The van der Waals surface area contributed by atoms with Crippen LogP contribution in [0.4, 0.5) is 0 Å². The monoisotopic (exact) mass is 441 g/mol. The van der Waals surface area contributed by atoms with Gasteiger partial charge in [0.2, 0.25) is 0 Å². The van der Waals surface area contributed by atoms with E-state index in [0.717, 1.165) is 0 Å². The van der Waals surface area contributed by atoms with Gasteiger partial charge in [-0.05, 0) is 0 Å². The van der Waals surface area contributed by atoms with Crippen LogP contribution < -0.4 is 10.2 Å². The summed E-state index contributed by atoms with van der Waals surface area (Å²) in [7, 11) is 0. The summed E-state index contributed by atoms with van der Waals surface area (Å²) in [5.74, 6) is -7.07. The van der Waals surface area contributed by atoms with Gasteiger partial charge in [-0.25, -0.2) is 0 Å². The number of carbonyl (C=O) groups excluding carboxylic acids is 6. The van der Waals surface area contributed by atoms with Crippen molar-refractivity contribution >= 4 is 35.1 Å². The molecule has 2 aromatic carbocycles. The normalized spacial score (nSPS) is 9.10. The number of carboxylic acid groups (broad SMARTS) is 2. The van der Waals surface area contributed by atoms with Gasteiger partial charge in [0.25, 0.3) is 0 Å². The van der Waals surface area contributed by atoms with Gasteiger partial charge in [0, 0.05) is 11.1 Å². The zero-order chi connectivity index (χ0) is 21.1. The second kappa shape index (κ2) is 12.9. The molecule has 2 aromatic rings. The van der Waals surface area contributed by atoms with Crippen molar-refractivity contribution in [1.82, 2.24) is 0 Å². The molecule has 0 aliphatic carbocycles. The molecule has 0 fully saturated rings. The number of hydrogen-bond donors (Lipinski definition) is 0. The smallest absolute Gasteiger partial charge is 0.542 e. The summed E-state index contributed by atoms with van der Waals surface area (Å²) in [6.07, 6.45) is -1.29. The van der Waals surface area contributed by atoms with Crippen LogP contribution >= 0.6 is 0 Å². The zero-order valence-electron chi connectivity index (χ0n) is 14.8. The SMILES string of the molecule is O=C([O-])C(=O)CC(=O)c1ccccc1.O=C([O-])C(=O)CC(=O)c1ccccc1.[Co+2]. The molecule has 0 aliphatic rings. The van der Waals surface area contributed by atoms with Crippen LogP contribution in [0.25, 0.3) is 0 Å². The molecule has 0 spiro atoms. The average molecular weight is 441 g/mol. The van der Waals surface area contributed by atoms with Crippen molar-refractivity contribution in [3.63, 3.8) is 0 Å². The predicted molar refractivity (Wildman–Crippen MR) is 90.8 cm³/mol. The first-order chi connectivity index (χ1) is 13.2. The van der Waals surface area contributed by atoms with Gasteiger partial charge in [-0.3, -0.25) is 19.2 Å². The molecule has 9 heteroatoms. The fourth-order valence-corrected chi connectivity index (χ4v) is 1.89. The van der Waals surface area contributed by atoms with E-state index < -0.39 is 47.9 Å². The fourth-order valence-electron chi connectivity index (χ4n) is 1.89. The molecule has 0 saturated heterocycles. The van der Waals surface area contributed by atoms with Crippen LogP contribution in [-0.2, 0) is 36.0 Å². The molecule has 8 nitrogen and oxygen atoms in total. The minimum atomic E-state index is -1.82. The topological polar surface area (TPSA) is 149 Å². The van der Waals surface area contributed by atoms with Gasteiger partial charge < -0.3 is 19.8 Å². The summed E-state index contributed by atoms with van der Waals surface area (Å²) in [4.78, 5) is 63.9. The third-order valence-electron chi connectivity index (χ3n) is 3.29. The second-order valence-corrected chi connectivity index (χ2v) is 5.35. The van der Waals surface area contributed by atoms with Crippen molar-refractivity contribution in [2.24, 2.45) is 0 Å². The summed E-state index contributed by atoms with van der Waals surface area (Å²) < 4.78 is 0. The Labute approximate surface area is 175 Å². The molecule has 1 radical (unpaired) electrons. The second-order valence-electron chi connectivity index (χ2n) is 5.35. The molecule has 0 unspecified atom stereocenters. The number of rotatable bonds is 8. The van der Waals surface area contributed by atoms with Crippen molar-refractivity contribution in [2.45, 2.75) is 12.8 Å². The largest absolute Gasteiger partial charge is 2.00 e. The van der Waals surface area contributed by atoms with Crippen LogP contribution in [0.3, 0.4) is 0 Å². The molecule has 2 rings (SSSR count). The number of carboxylic acids is 2. The van der Waals surface area contributed by atoms with Gasteiger partial charge in [0.15, 0.2) is 23.1 Å². The van der Waals surface area contributed by atoms with E-state index in [4.69, 9.17) is 0 Å². The maximum atomic E-state index is 11.2. The van der Waals surface area contributed by atoms with Crippen LogP contribution in [0, 0.1) is 0 Å². The van der Waals surface area contributed by atoms with E-state index in [1.165, 1.54) is 24.3 Å². The minimum absolute atomic E-state index is 0. The quantitative estimate of drug-likeness (QED) is 0.292. The van der Waals surface area contributed by atoms with E-state index in [2.05, 4.69) is 0 Å². The van der Waals surface area contributed by atoms with E-state index in [0.29, 0.717) is 11.1 Å². The van der Waals surface area contributed by atoms with Crippen LogP contribution in [0.15, 0.2) is 60.7 Å². The van der Waals surface area contributed by atoms with Gasteiger partial charge in [0.05, 0.1) is 12.8 Å². The number of hydrogen-bond acceptors (Lipinski definition) is 8.